The Morgan fingerprint density at radius 2 is 1.45 bits per heavy atom. The Hall–Kier alpha value is -2.08. The van der Waals surface area contributed by atoms with Gasteiger partial charge in [0.1, 0.15) is 0 Å². The first kappa shape index (κ1) is 11.7. The summed E-state index contributed by atoms with van der Waals surface area (Å²) in [7, 11) is 0. The second kappa shape index (κ2) is 4.49. The number of hydrogen-bond donors (Lipinski definition) is 0. The van der Waals surface area contributed by atoms with Crippen molar-refractivity contribution in [3.63, 3.8) is 0 Å². The van der Waals surface area contributed by atoms with Crippen LogP contribution in [0, 0.1) is 0 Å². The zero-order chi connectivity index (χ0) is 13.5. The average molecular weight is 258 g/mol. The molecule has 0 saturated carbocycles. The summed E-state index contributed by atoms with van der Waals surface area (Å²) in [6.07, 6.45) is 3.69. The predicted octanol–water partition coefficient (Wildman–Crippen LogP) is 5.93. The van der Waals surface area contributed by atoms with Gasteiger partial charge in [0.15, 0.2) is 0 Å². The highest BCUT2D eigenvalue weighted by atomic mass is 14.1. The second-order valence-electron chi connectivity index (χ2n) is 5.69. The molecule has 0 aromatic heterocycles. The molecule has 0 heterocycles. The average Bonchev–Trinajstić information content (AvgIpc) is 2.51. The lowest BCUT2D eigenvalue weighted by molar-refractivity contribution is 0.799. The molecule has 0 aliphatic rings. The summed E-state index contributed by atoms with van der Waals surface area (Å²) in [6.45, 7) is 2.26. The van der Waals surface area contributed by atoms with Crippen LogP contribution >= 0.6 is 0 Å². The highest BCUT2D eigenvalue weighted by molar-refractivity contribution is 6.23. The van der Waals surface area contributed by atoms with E-state index >= 15 is 0 Å². The Balaban J connectivity index is 2.18. The number of rotatable bonds is 3. The maximum absolute atomic E-state index is 2.40. The fraction of sp³-hybridized carbons (Fsp3) is 0.200. The monoisotopic (exact) mass is 258 g/mol. The summed E-state index contributed by atoms with van der Waals surface area (Å²) in [5.74, 6) is 0. The highest BCUT2D eigenvalue weighted by Crippen LogP contribution is 2.36. The van der Waals surface area contributed by atoms with Gasteiger partial charge in [-0.2, -0.15) is 0 Å². The topological polar surface area (TPSA) is 0 Å². The molecule has 4 rings (SSSR count). The third-order valence-corrected chi connectivity index (χ3v) is 4.39. The van der Waals surface area contributed by atoms with Gasteiger partial charge in [-0.25, -0.2) is 0 Å². The quantitative estimate of drug-likeness (QED) is 0.400. The lowest BCUT2D eigenvalue weighted by Gasteiger charge is -2.14. The van der Waals surface area contributed by atoms with E-state index in [4.69, 9.17) is 0 Å². The zero-order valence-corrected chi connectivity index (χ0v) is 11.8. The molecule has 0 N–H and O–H groups in total. The smallest absolute Gasteiger partial charge is 0.00240 e. The first-order valence-corrected chi connectivity index (χ1v) is 7.54. The molecule has 0 bridgehead atoms. The van der Waals surface area contributed by atoms with E-state index in [-0.39, 0.29) is 0 Å². The third-order valence-electron chi connectivity index (χ3n) is 4.39. The van der Waals surface area contributed by atoms with Crippen molar-refractivity contribution in [1.82, 2.24) is 0 Å². The summed E-state index contributed by atoms with van der Waals surface area (Å²) in [6, 6.07) is 20.3. The Morgan fingerprint density at radius 3 is 2.25 bits per heavy atom. The van der Waals surface area contributed by atoms with Crippen molar-refractivity contribution in [3.8, 4) is 0 Å². The van der Waals surface area contributed by atoms with Crippen molar-refractivity contribution < 1.29 is 0 Å². The molecule has 4 aromatic rings. The van der Waals surface area contributed by atoms with Crippen LogP contribution in [0.5, 0.6) is 0 Å². The Labute approximate surface area is 119 Å². The first-order valence-electron chi connectivity index (χ1n) is 7.54. The van der Waals surface area contributed by atoms with Gasteiger partial charge in [-0.1, -0.05) is 67.9 Å². The molecule has 20 heavy (non-hydrogen) atoms. The van der Waals surface area contributed by atoms with Gasteiger partial charge in [-0.15, -0.1) is 0 Å². The van der Waals surface area contributed by atoms with E-state index in [2.05, 4.69) is 61.5 Å². The van der Waals surface area contributed by atoms with Crippen molar-refractivity contribution in [2.45, 2.75) is 26.2 Å². The van der Waals surface area contributed by atoms with E-state index in [1.54, 1.807) is 0 Å². The fourth-order valence-corrected chi connectivity index (χ4v) is 3.41. The summed E-state index contributed by atoms with van der Waals surface area (Å²) < 4.78 is 0. The van der Waals surface area contributed by atoms with Crippen LogP contribution in [0.3, 0.4) is 0 Å². The van der Waals surface area contributed by atoms with Crippen LogP contribution in [0.1, 0.15) is 25.3 Å². The van der Waals surface area contributed by atoms with E-state index in [0.717, 1.165) is 0 Å². The van der Waals surface area contributed by atoms with Gasteiger partial charge < -0.3 is 0 Å². The molecule has 0 heteroatoms. The van der Waals surface area contributed by atoms with Gasteiger partial charge in [-0.3, -0.25) is 0 Å². The number of hydrogen-bond acceptors (Lipinski definition) is 0. The van der Waals surface area contributed by atoms with E-state index in [1.807, 2.05) is 0 Å². The molecule has 0 unspecified atom stereocenters. The molecule has 0 radical (unpaired) electrons. The molecule has 0 amide bonds. The number of benzene rings is 4. The molecule has 98 valence electrons. The Kier molecular flexibility index (Phi) is 2.63. The van der Waals surface area contributed by atoms with Gasteiger partial charge in [0.25, 0.3) is 0 Å². The van der Waals surface area contributed by atoms with Crippen molar-refractivity contribution >= 4 is 32.3 Å². The van der Waals surface area contributed by atoms with Crippen LogP contribution in [0.2, 0.25) is 0 Å². The molecule has 0 aliphatic carbocycles. The molecule has 0 spiro atoms. The minimum atomic E-state index is 1.18. The van der Waals surface area contributed by atoms with E-state index in [0.29, 0.717) is 0 Å². The largest absolute Gasteiger partial charge is 0.0654 e. The molecule has 0 atom stereocenters. The molecule has 0 nitrogen and oxygen atoms in total. The minimum Gasteiger partial charge on any atom is -0.0654 e. The van der Waals surface area contributed by atoms with E-state index in [1.165, 1.54) is 57.1 Å². The van der Waals surface area contributed by atoms with E-state index < -0.39 is 0 Å². The van der Waals surface area contributed by atoms with Crippen LogP contribution in [0.25, 0.3) is 32.3 Å². The van der Waals surface area contributed by atoms with Crippen LogP contribution in [-0.2, 0) is 6.42 Å². The van der Waals surface area contributed by atoms with Gasteiger partial charge >= 0.3 is 0 Å². The zero-order valence-electron chi connectivity index (χ0n) is 11.8. The molecular weight excluding hydrogens is 240 g/mol. The lowest BCUT2D eigenvalue weighted by atomic mass is 9.90. The molecular formula is C20H18. The Morgan fingerprint density at radius 1 is 0.750 bits per heavy atom. The fourth-order valence-electron chi connectivity index (χ4n) is 3.41. The first-order chi connectivity index (χ1) is 9.88. The predicted molar refractivity (Wildman–Crippen MR) is 88.8 cm³/mol. The van der Waals surface area contributed by atoms with Crippen molar-refractivity contribution in [1.29, 1.82) is 0 Å². The van der Waals surface area contributed by atoms with Gasteiger partial charge in [0, 0.05) is 0 Å². The van der Waals surface area contributed by atoms with E-state index in [9.17, 15) is 0 Å². The van der Waals surface area contributed by atoms with Crippen LogP contribution < -0.4 is 0 Å². The van der Waals surface area contributed by atoms with Crippen LogP contribution in [-0.4, -0.2) is 0 Å². The number of aryl methyl sites for hydroxylation is 1. The maximum atomic E-state index is 2.40. The molecule has 0 saturated heterocycles. The number of unbranched alkanes of at least 4 members (excludes halogenated alkanes) is 1. The minimum absolute atomic E-state index is 1.18. The van der Waals surface area contributed by atoms with Crippen LogP contribution in [0.4, 0.5) is 0 Å². The van der Waals surface area contributed by atoms with Crippen LogP contribution in [0.15, 0.2) is 54.6 Å². The van der Waals surface area contributed by atoms with Crippen molar-refractivity contribution in [2.75, 3.05) is 0 Å². The standard InChI is InChI=1S/C20H18/c1-2-3-6-16-13-17-9-4-7-14-11-12-15-8-5-10-18(16)20(15)19(14)17/h4-5,7-13H,2-3,6H2,1H3. The summed E-state index contributed by atoms with van der Waals surface area (Å²) in [5.41, 5.74) is 1.50. The summed E-state index contributed by atoms with van der Waals surface area (Å²) in [4.78, 5) is 0. The molecule has 0 fully saturated rings. The maximum Gasteiger partial charge on any atom is -0.00240 e. The highest BCUT2D eigenvalue weighted by Gasteiger charge is 2.10. The lowest BCUT2D eigenvalue weighted by Crippen LogP contribution is -1.91. The van der Waals surface area contributed by atoms with Gasteiger partial charge in [-0.05, 0) is 50.7 Å². The SMILES string of the molecule is CCCCc1cc2cccc3ccc4cccc1c4c32. The summed E-state index contributed by atoms with van der Waals surface area (Å²) >= 11 is 0. The van der Waals surface area contributed by atoms with Crippen molar-refractivity contribution in [2.24, 2.45) is 0 Å². The van der Waals surface area contributed by atoms with Gasteiger partial charge in [0.05, 0.1) is 0 Å². The van der Waals surface area contributed by atoms with Gasteiger partial charge in [0.2, 0.25) is 0 Å². The second-order valence-corrected chi connectivity index (χ2v) is 5.69. The normalized spacial score (nSPS) is 11.8. The Bertz CT molecular complexity index is 886. The summed E-state index contributed by atoms with van der Waals surface area (Å²) in [5, 5.41) is 8.44. The third kappa shape index (κ3) is 1.61. The molecule has 0 aliphatic heterocycles. The van der Waals surface area contributed by atoms with Crippen molar-refractivity contribution in [3.05, 3.63) is 60.2 Å². The molecule has 4 aromatic carbocycles.